The van der Waals surface area contributed by atoms with Crippen molar-refractivity contribution in [2.45, 2.75) is 13.0 Å². The highest BCUT2D eigenvalue weighted by Crippen LogP contribution is 2.30. The van der Waals surface area contributed by atoms with Crippen LogP contribution in [-0.2, 0) is 11.3 Å². The number of amides is 1. The molecule has 0 aliphatic carbocycles. The van der Waals surface area contributed by atoms with Crippen LogP contribution in [0.3, 0.4) is 0 Å². The molecular weight excluding hydrogens is 353 g/mol. The van der Waals surface area contributed by atoms with Gasteiger partial charge in [-0.3, -0.25) is 4.79 Å². The lowest BCUT2D eigenvalue weighted by Gasteiger charge is -2.25. The maximum absolute atomic E-state index is 13.3. The first-order valence-electron chi connectivity index (χ1n) is 8.34. The van der Waals surface area contributed by atoms with Gasteiger partial charge >= 0.3 is 0 Å². The predicted molar refractivity (Wildman–Crippen MR) is 99.6 cm³/mol. The zero-order valence-electron chi connectivity index (χ0n) is 14.3. The Kier molecular flexibility index (Phi) is 4.57. The number of methoxy groups -OCH3 is 1. The summed E-state index contributed by atoms with van der Waals surface area (Å²) in [5.74, 6) is -0.309. The van der Waals surface area contributed by atoms with Gasteiger partial charge in [0.15, 0.2) is 0 Å². The molecule has 0 radical (unpaired) electrons. The van der Waals surface area contributed by atoms with Crippen LogP contribution in [0.5, 0.6) is 0 Å². The molecule has 1 aromatic carbocycles. The predicted octanol–water partition coefficient (Wildman–Crippen LogP) is 3.84. The number of carbonyl (C=O) groups excluding carboxylic acids is 1. The van der Waals surface area contributed by atoms with Gasteiger partial charge in [-0.15, -0.1) is 11.3 Å². The minimum absolute atomic E-state index is 0.0556. The van der Waals surface area contributed by atoms with Crippen LogP contribution in [-0.4, -0.2) is 41.0 Å². The number of H-pyrrole nitrogens is 1. The number of halogens is 1. The monoisotopic (exact) mass is 371 g/mol. The van der Waals surface area contributed by atoms with Gasteiger partial charge in [0.05, 0.1) is 6.61 Å². The number of carbonyl (C=O) groups is 1. The molecule has 0 bridgehead atoms. The third-order valence-corrected chi connectivity index (χ3v) is 5.35. The van der Waals surface area contributed by atoms with Crippen molar-refractivity contribution >= 4 is 33.7 Å². The number of nitrogens with one attached hydrogen (secondary N) is 1. The van der Waals surface area contributed by atoms with Crippen LogP contribution in [0, 0.1) is 5.82 Å². The Morgan fingerprint density at radius 3 is 3.12 bits per heavy atom. The highest BCUT2D eigenvalue weighted by molar-refractivity contribution is 7.09. The van der Waals surface area contributed by atoms with Gasteiger partial charge in [-0.05, 0) is 30.2 Å². The molecular formula is C19H18FN3O2S. The minimum Gasteiger partial charge on any atom is -0.378 e. The SMILES string of the molecule is COCc1nc(C(=O)N2CC=C(c3c[nH]c4cc(F)ccc34)CC2)cs1. The van der Waals surface area contributed by atoms with Crippen LogP contribution in [0.25, 0.3) is 16.5 Å². The van der Waals surface area contributed by atoms with Crippen LogP contribution in [0.4, 0.5) is 4.39 Å². The van der Waals surface area contributed by atoms with Crippen molar-refractivity contribution < 1.29 is 13.9 Å². The molecule has 26 heavy (non-hydrogen) atoms. The van der Waals surface area contributed by atoms with E-state index >= 15 is 0 Å². The summed E-state index contributed by atoms with van der Waals surface area (Å²) in [5, 5.41) is 3.58. The van der Waals surface area contributed by atoms with Gasteiger partial charge in [-0.1, -0.05) is 6.08 Å². The molecule has 1 amide bonds. The summed E-state index contributed by atoms with van der Waals surface area (Å²) in [4.78, 5) is 21.9. The second kappa shape index (κ2) is 7.01. The molecule has 0 unspecified atom stereocenters. The third kappa shape index (κ3) is 3.15. The van der Waals surface area contributed by atoms with Gasteiger partial charge in [0.1, 0.15) is 16.5 Å². The summed E-state index contributed by atoms with van der Waals surface area (Å²) < 4.78 is 18.4. The van der Waals surface area contributed by atoms with Gasteiger partial charge in [-0.2, -0.15) is 0 Å². The Balaban J connectivity index is 1.51. The van der Waals surface area contributed by atoms with E-state index in [1.54, 1.807) is 23.5 Å². The van der Waals surface area contributed by atoms with Crippen molar-refractivity contribution in [2.24, 2.45) is 0 Å². The Morgan fingerprint density at radius 2 is 2.35 bits per heavy atom. The van der Waals surface area contributed by atoms with Gasteiger partial charge in [-0.25, -0.2) is 9.37 Å². The molecule has 2 aromatic heterocycles. The fourth-order valence-corrected chi connectivity index (χ4v) is 3.96. The molecule has 7 heteroatoms. The van der Waals surface area contributed by atoms with E-state index in [0.717, 1.165) is 27.9 Å². The van der Waals surface area contributed by atoms with E-state index in [1.807, 2.05) is 6.20 Å². The molecule has 4 rings (SSSR count). The first-order chi connectivity index (χ1) is 12.7. The average molecular weight is 371 g/mol. The molecule has 3 heterocycles. The summed E-state index contributed by atoms with van der Waals surface area (Å²) in [5.41, 5.74) is 3.50. The van der Waals surface area contributed by atoms with Gasteiger partial charge in [0.2, 0.25) is 0 Å². The number of fused-ring (bicyclic) bond motifs is 1. The van der Waals surface area contributed by atoms with E-state index in [9.17, 15) is 9.18 Å². The molecule has 1 aliphatic rings. The van der Waals surface area contributed by atoms with Crippen LogP contribution in [0.15, 0.2) is 35.9 Å². The van der Waals surface area contributed by atoms with Crippen molar-refractivity contribution in [3.63, 3.8) is 0 Å². The van der Waals surface area contributed by atoms with E-state index in [4.69, 9.17) is 4.74 Å². The van der Waals surface area contributed by atoms with Gasteiger partial charge in [0.25, 0.3) is 5.91 Å². The molecule has 0 saturated carbocycles. The molecule has 0 spiro atoms. The number of aromatic amines is 1. The number of thiazole rings is 1. The van der Waals surface area contributed by atoms with E-state index < -0.39 is 0 Å². The second-order valence-corrected chi connectivity index (χ2v) is 7.12. The van der Waals surface area contributed by atoms with E-state index in [1.165, 1.54) is 29.0 Å². The summed E-state index contributed by atoms with van der Waals surface area (Å²) in [6.07, 6.45) is 4.73. The second-order valence-electron chi connectivity index (χ2n) is 6.18. The fraction of sp³-hybridized carbons (Fsp3) is 0.263. The van der Waals surface area contributed by atoms with E-state index in [-0.39, 0.29) is 11.7 Å². The van der Waals surface area contributed by atoms with Crippen LogP contribution in [0.2, 0.25) is 0 Å². The Hall–Kier alpha value is -2.51. The first kappa shape index (κ1) is 16.9. The van der Waals surface area contributed by atoms with Crippen molar-refractivity contribution in [1.29, 1.82) is 0 Å². The highest BCUT2D eigenvalue weighted by Gasteiger charge is 2.22. The van der Waals surface area contributed by atoms with Crippen LogP contribution < -0.4 is 0 Å². The van der Waals surface area contributed by atoms with E-state index in [0.29, 0.717) is 25.4 Å². The number of nitrogens with zero attached hydrogens (tertiary/aromatic N) is 2. The standard InChI is InChI=1S/C19H18FN3O2S/c1-25-10-18-22-17(11-26-18)19(24)23-6-4-12(5-7-23)15-9-21-16-8-13(20)2-3-14(15)16/h2-4,8-9,11,21H,5-7,10H2,1H3. The molecule has 3 aromatic rings. The van der Waals surface area contributed by atoms with Crippen molar-refractivity contribution in [2.75, 3.05) is 20.2 Å². The molecule has 0 fully saturated rings. The summed E-state index contributed by atoms with van der Waals surface area (Å²) in [7, 11) is 1.61. The van der Waals surface area contributed by atoms with Crippen molar-refractivity contribution in [3.05, 3.63) is 57.9 Å². The zero-order valence-corrected chi connectivity index (χ0v) is 15.1. The quantitative estimate of drug-likeness (QED) is 0.758. The van der Waals surface area contributed by atoms with E-state index in [2.05, 4.69) is 16.0 Å². The molecule has 0 atom stereocenters. The summed E-state index contributed by atoms with van der Waals surface area (Å²) in [6, 6.07) is 4.76. The Labute approximate surface area is 154 Å². The summed E-state index contributed by atoms with van der Waals surface area (Å²) >= 11 is 1.43. The van der Waals surface area contributed by atoms with Crippen LogP contribution in [0.1, 0.15) is 27.5 Å². The minimum atomic E-state index is -0.253. The first-order valence-corrected chi connectivity index (χ1v) is 9.22. The number of ether oxygens (including phenoxy) is 1. The lowest BCUT2D eigenvalue weighted by molar-refractivity contribution is 0.0767. The van der Waals surface area contributed by atoms with Gasteiger partial charge in [0, 0.05) is 48.2 Å². The fourth-order valence-electron chi connectivity index (χ4n) is 3.22. The summed E-state index contributed by atoms with van der Waals surface area (Å²) in [6.45, 7) is 1.60. The Bertz CT molecular complexity index is 992. The highest BCUT2D eigenvalue weighted by atomic mass is 32.1. The number of aromatic nitrogens is 2. The number of hydrogen-bond acceptors (Lipinski definition) is 4. The maximum Gasteiger partial charge on any atom is 0.273 e. The topological polar surface area (TPSA) is 58.2 Å². The zero-order chi connectivity index (χ0) is 18.1. The lowest BCUT2D eigenvalue weighted by atomic mass is 9.99. The Morgan fingerprint density at radius 1 is 1.46 bits per heavy atom. The molecule has 134 valence electrons. The number of benzene rings is 1. The normalized spacial score (nSPS) is 14.7. The smallest absolute Gasteiger partial charge is 0.273 e. The number of hydrogen-bond donors (Lipinski definition) is 1. The molecule has 1 N–H and O–H groups in total. The maximum atomic E-state index is 13.3. The van der Waals surface area contributed by atoms with Crippen molar-refractivity contribution in [3.8, 4) is 0 Å². The van der Waals surface area contributed by atoms with Crippen molar-refractivity contribution in [1.82, 2.24) is 14.9 Å². The number of rotatable bonds is 4. The molecule has 1 aliphatic heterocycles. The van der Waals surface area contributed by atoms with Gasteiger partial charge < -0.3 is 14.6 Å². The molecule has 0 saturated heterocycles. The molecule has 5 nitrogen and oxygen atoms in total. The lowest BCUT2D eigenvalue weighted by Crippen LogP contribution is -2.34. The van der Waals surface area contributed by atoms with Crippen LogP contribution >= 0.6 is 11.3 Å². The third-order valence-electron chi connectivity index (χ3n) is 4.52. The largest absolute Gasteiger partial charge is 0.378 e. The average Bonchev–Trinajstić information content (AvgIpc) is 3.28.